The van der Waals surface area contributed by atoms with E-state index in [4.69, 9.17) is 0 Å². The molecule has 0 bridgehead atoms. The Morgan fingerprint density at radius 2 is 2.29 bits per heavy atom. The molecule has 1 aliphatic carbocycles. The standard InChI is InChI=1S/C5H10FN/c6-7-4-5-2-1-3-5/h5,7H,1-4H2. The maximum atomic E-state index is 11.2. The Bertz CT molecular complexity index is 52.0. The summed E-state index contributed by atoms with van der Waals surface area (Å²) in [4.78, 5) is 0. The summed E-state index contributed by atoms with van der Waals surface area (Å²) < 4.78 is 11.2. The van der Waals surface area contributed by atoms with E-state index in [0.717, 1.165) is 0 Å². The Hall–Kier alpha value is -0.110. The monoisotopic (exact) mass is 103 g/mol. The predicted molar refractivity (Wildman–Crippen MR) is 26.5 cm³/mol. The maximum Gasteiger partial charge on any atom is 0.0288 e. The zero-order valence-electron chi connectivity index (χ0n) is 4.28. The lowest BCUT2D eigenvalue weighted by Gasteiger charge is -2.23. The molecule has 2 heteroatoms. The van der Waals surface area contributed by atoms with Crippen LogP contribution in [0.5, 0.6) is 0 Å². The van der Waals surface area contributed by atoms with Gasteiger partial charge in [-0.25, -0.2) is 0 Å². The van der Waals surface area contributed by atoms with Crippen molar-refractivity contribution < 1.29 is 4.48 Å². The van der Waals surface area contributed by atoms with Crippen molar-refractivity contribution in [3.63, 3.8) is 0 Å². The molecule has 0 aromatic carbocycles. The third kappa shape index (κ3) is 1.13. The summed E-state index contributed by atoms with van der Waals surface area (Å²) in [6.45, 7) is 0.569. The summed E-state index contributed by atoms with van der Waals surface area (Å²) in [5, 5.41) is 0. The summed E-state index contributed by atoms with van der Waals surface area (Å²) in [5.41, 5.74) is 1.67. The van der Waals surface area contributed by atoms with Crippen LogP contribution in [-0.2, 0) is 0 Å². The lowest BCUT2D eigenvalue weighted by molar-refractivity contribution is 0.228. The van der Waals surface area contributed by atoms with Crippen LogP contribution >= 0.6 is 0 Å². The molecule has 1 saturated carbocycles. The van der Waals surface area contributed by atoms with Crippen molar-refractivity contribution in [2.24, 2.45) is 5.92 Å². The van der Waals surface area contributed by atoms with Crippen molar-refractivity contribution >= 4 is 0 Å². The number of halogens is 1. The molecule has 0 saturated heterocycles. The second-order valence-corrected chi connectivity index (χ2v) is 2.13. The van der Waals surface area contributed by atoms with Gasteiger partial charge in [-0.05, 0) is 18.8 Å². The maximum absolute atomic E-state index is 11.2. The Balaban J connectivity index is 1.93. The fourth-order valence-corrected chi connectivity index (χ4v) is 0.806. The van der Waals surface area contributed by atoms with Crippen molar-refractivity contribution in [2.45, 2.75) is 19.3 Å². The Labute approximate surface area is 42.8 Å². The molecule has 0 heterocycles. The average Bonchev–Trinajstić information content (AvgIpc) is 1.55. The molecule has 0 atom stereocenters. The number of hydrogen-bond acceptors (Lipinski definition) is 1. The molecule has 1 nitrogen and oxygen atoms in total. The second-order valence-electron chi connectivity index (χ2n) is 2.13. The van der Waals surface area contributed by atoms with E-state index < -0.39 is 0 Å². The van der Waals surface area contributed by atoms with Crippen LogP contribution in [0, 0.1) is 5.92 Å². The quantitative estimate of drug-likeness (QED) is 0.519. The van der Waals surface area contributed by atoms with Crippen molar-refractivity contribution in [2.75, 3.05) is 6.54 Å². The zero-order chi connectivity index (χ0) is 5.11. The molecule has 0 aromatic rings. The number of rotatable bonds is 2. The molecule has 0 spiro atoms. The minimum absolute atomic E-state index is 0.569. The molecule has 0 aromatic heterocycles. The van der Waals surface area contributed by atoms with Gasteiger partial charge in [-0.15, -0.1) is 4.48 Å². The van der Waals surface area contributed by atoms with E-state index in [2.05, 4.69) is 0 Å². The molecule has 0 amide bonds. The van der Waals surface area contributed by atoms with Crippen molar-refractivity contribution in [1.82, 2.24) is 5.54 Å². The molecular weight excluding hydrogens is 93.1 g/mol. The zero-order valence-corrected chi connectivity index (χ0v) is 4.28. The van der Waals surface area contributed by atoms with Crippen LogP contribution in [0.25, 0.3) is 0 Å². The summed E-state index contributed by atoms with van der Waals surface area (Å²) in [7, 11) is 0. The van der Waals surface area contributed by atoms with Gasteiger partial charge >= 0.3 is 0 Å². The first-order valence-corrected chi connectivity index (χ1v) is 2.77. The largest absolute Gasteiger partial charge is 0.159 e. The Kier molecular flexibility index (Phi) is 1.63. The van der Waals surface area contributed by atoms with Crippen molar-refractivity contribution in [1.29, 1.82) is 0 Å². The highest BCUT2D eigenvalue weighted by molar-refractivity contribution is 4.69. The SMILES string of the molecule is FNCC1CCC1. The summed E-state index contributed by atoms with van der Waals surface area (Å²) in [6.07, 6.45) is 3.74. The van der Waals surface area contributed by atoms with Crippen LogP contribution < -0.4 is 5.54 Å². The third-order valence-electron chi connectivity index (χ3n) is 1.59. The number of hydrogen-bond donors (Lipinski definition) is 1. The van der Waals surface area contributed by atoms with E-state index in [0.29, 0.717) is 12.5 Å². The van der Waals surface area contributed by atoms with Gasteiger partial charge in [-0.1, -0.05) is 6.42 Å². The molecular formula is C5H10FN. The topological polar surface area (TPSA) is 12.0 Å². The van der Waals surface area contributed by atoms with Gasteiger partial charge < -0.3 is 0 Å². The number of nitrogens with one attached hydrogen (secondary N) is 1. The molecule has 0 aliphatic heterocycles. The van der Waals surface area contributed by atoms with Gasteiger partial charge in [-0.2, -0.15) is 5.54 Å². The molecule has 7 heavy (non-hydrogen) atoms. The second kappa shape index (κ2) is 2.26. The van der Waals surface area contributed by atoms with Crippen LogP contribution in [0.4, 0.5) is 4.48 Å². The minimum atomic E-state index is 0.569. The lowest BCUT2D eigenvalue weighted by atomic mass is 9.86. The van der Waals surface area contributed by atoms with Gasteiger partial charge in [0.25, 0.3) is 0 Å². The summed E-state index contributed by atoms with van der Waals surface area (Å²) >= 11 is 0. The van der Waals surface area contributed by atoms with Gasteiger partial charge in [0.05, 0.1) is 0 Å². The molecule has 0 unspecified atom stereocenters. The van der Waals surface area contributed by atoms with Crippen molar-refractivity contribution in [3.8, 4) is 0 Å². The molecule has 42 valence electrons. The molecule has 0 radical (unpaired) electrons. The van der Waals surface area contributed by atoms with Gasteiger partial charge in [0.15, 0.2) is 0 Å². The van der Waals surface area contributed by atoms with Gasteiger partial charge in [-0.3, -0.25) is 0 Å². The molecule has 1 rings (SSSR count). The predicted octanol–water partition coefficient (Wildman–Crippen LogP) is 1.26. The summed E-state index contributed by atoms with van der Waals surface area (Å²) in [6, 6.07) is 0. The highest BCUT2D eigenvalue weighted by Gasteiger charge is 2.15. The lowest BCUT2D eigenvalue weighted by Crippen LogP contribution is -2.21. The van der Waals surface area contributed by atoms with E-state index in [1.54, 1.807) is 5.54 Å². The van der Waals surface area contributed by atoms with Crippen LogP contribution in [0.2, 0.25) is 0 Å². The first kappa shape index (κ1) is 5.04. The smallest absolute Gasteiger partial charge is 0.0288 e. The Morgan fingerprint density at radius 1 is 1.57 bits per heavy atom. The van der Waals surface area contributed by atoms with E-state index in [9.17, 15) is 4.48 Å². The molecule has 1 aliphatic rings. The van der Waals surface area contributed by atoms with Gasteiger partial charge in [0.2, 0.25) is 0 Å². The van der Waals surface area contributed by atoms with Crippen LogP contribution in [0.3, 0.4) is 0 Å². The fourth-order valence-electron chi connectivity index (χ4n) is 0.806. The third-order valence-corrected chi connectivity index (χ3v) is 1.59. The van der Waals surface area contributed by atoms with E-state index in [1.807, 2.05) is 0 Å². The normalized spacial score (nSPS) is 21.9. The summed E-state index contributed by atoms with van der Waals surface area (Å²) in [5.74, 6) is 0.644. The van der Waals surface area contributed by atoms with Crippen molar-refractivity contribution in [3.05, 3.63) is 0 Å². The minimum Gasteiger partial charge on any atom is -0.159 e. The van der Waals surface area contributed by atoms with E-state index in [1.165, 1.54) is 19.3 Å². The molecule has 1 fully saturated rings. The van der Waals surface area contributed by atoms with E-state index in [-0.39, 0.29) is 0 Å². The first-order valence-electron chi connectivity index (χ1n) is 2.77. The van der Waals surface area contributed by atoms with Gasteiger partial charge in [0, 0.05) is 6.54 Å². The van der Waals surface area contributed by atoms with Crippen LogP contribution in [0.1, 0.15) is 19.3 Å². The fraction of sp³-hybridized carbons (Fsp3) is 1.00. The first-order chi connectivity index (χ1) is 3.43. The molecule has 1 N–H and O–H groups in total. The van der Waals surface area contributed by atoms with Gasteiger partial charge in [0.1, 0.15) is 0 Å². The van der Waals surface area contributed by atoms with E-state index >= 15 is 0 Å². The highest BCUT2D eigenvalue weighted by Crippen LogP contribution is 2.24. The average molecular weight is 103 g/mol. The van der Waals surface area contributed by atoms with Crippen LogP contribution in [0.15, 0.2) is 0 Å². The highest BCUT2D eigenvalue weighted by atomic mass is 19.2. The van der Waals surface area contributed by atoms with Crippen LogP contribution in [-0.4, -0.2) is 6.54 Å². The Morgan fingerprint density at radius 3 is 2.43 bits per heavy atom.